The van der Waals surface area contributed by atoms with Crippen molar-refractivity contribution >= 4 is 49.6 Å². The van der Waals surface area contributed by atoms with Gasteiger partial charge in [-0.2, -0.15) is 0 Å². The van der Waals surface area contributed by atoms with E-state index >= 15 is 0 Å². The SMILES string of the molecule is Cc1nc(NC(=O)c2sccc2Br)sc1C. The number of hydrogen-bond acceptors (Lipinski definition) is 4. The van der Waals surface area contributed by atoms with Crippen LogP contribution in [0.4, 0.5) is 5.13 Å². The second kappa shape index (κ2) is 4.65. The summed E-state index contributed by atoms with van der Waals surface area (Å²) in [4.78, 5) is 17.9. The molecule has 2 heterocycles. The van der Waals surface area contributed by atoms with Crippen LogP contribution in [0, 0.1) is 13.8 Å². The second-order valence-electron chi connectivity index (χ2n) is 3.21. The normalized spacial score (nSPS) is 10.4. The van der Waals surface area contributed by atoms with Gasteiger partial charge in [-0.15, -0.1) is 22.7 Å². The molecule has 0 aliphatic heterocycles. The number of anilines is 1. The third-order valence-corrected chi connectivity index (χ3v) is 4.90. The molecule has 0 fully saturated rings. The molecular weight excluding hydrogens is 308 g/mol. The first-order valence-corrected chi connectivity index (χ1v) is 7.05. The maximum atomic E-state index is 11.9. The van der Waals surface area contributed by atoms with Gasteiger partial charge in [0, 0.05) is 9.35 Å². The van der Waals surface area contributed by atoms with Crippen molar-refractivity contribution in [2.24, 2.45) is 0 Å². The fraction of sp³-hybridized carbons (Fsp3) is 0.200. The smallest absolute Gasteiger partial charge is 0.268 e. The summed E-state index contributed by atoms with van der Waals surface area (Å²) in [5.74, 6) is -0.115. The molecule has 6 heteroatoms. The largest absolute Gasteiger partial charge is 0.297 e. The summed E-state index contributed by atoms with van der Waals surface area (Å²) in [6, 6.07) is 1.86. The van der Waals surface area contributed by atoms with Crippen LogP contribution >= 0.6 is 38.6 Å². The molecule has 2 aromatic rings. The number of nitrogens with zero attached hydrogens (tertiary/aromatic N) is 1. The summed E-state index contributed by atoms with van der Waals surface area (Å²) in [5.41, 5.74) is 0.963. The molecule has 0 aliphatic rings. The molecule has 2 rings (SSSR count). The van der Waals surface area contributed by atoms with Crippen molar-refractivity contribution in [1.29, 1.82) is 0 Å². The number of carbonyl (C=O) groups excluding carboxylic acids is 1. The number of hydrogen-bond donors (Lipinski definition) is 1. The van der Waals surface area contributed by atoms with Crippen molar-refractivity contribution in [3.8, 4) is 0 Å². The number of thiazole rings is 1. The average molecular weight is 317 g/mol. The molecule has 0 aliphatic carbocycles. The zero-order valence-corrected chi connectivity index (χ0v) is 11.9. The Kier molecular flexibility index (Phi) is 3.41. The maximum absolute atomic E-state index is 11.9. The minimum Gasteiger partial charge on any atom is -0.297 e. The predicted molar refractivity (Wildman–Crippen MR) is 71.6 cm³/mol. The average Bonchev–Trinajstić information content (AvgIpc) is 2.74. The van der Waals surface area contributed by atoms with Crippen LogP contribution in [0.2, 0.25) is 0 Å². The first kappa shape index (κ1) is 11.8. The fourth-order valence-corrected chi connectivity index (χ4v) is 3.39. The van der Waals surface area contributed by atoms with Crippen molar-refractivity contribution in [3.05, 3.63) is 31.4 Å². The van der Waals surface area contributed by atoms with E-state index in [9.17, 15) is 4.79 Å². The van der Waals surface area contributed by atoms with E-state index in [1.54, 1.807) is 0 Å². The molecule has 0 radical (unpaired) electrons. The minimum atomic E-state index is -0.115. The summed E-state index contributed by atoms with van der Waals surface area (Å²) in [6.07, 6.45) is 0. The molecule has 0 atom stereocenters. The zero-order valence-electron chi connectivity index (χ0n) is 8.70. The van der Waals surface area contributed by atoms with Gasteiger partial charge in [0.05, 0.1) is 5.69 Å². The Balaban J connectivity index is 2.17. The Morgan fingerprint density at radius 1 is 1.50 bits per heavy atom. The Morgan fingerprint density at radius 2 is 2.25 bits per heavy atom. The van der Waals surface area contributed by atoms with Gasteiger partial charge in [0.15, 0.2) is 5.13 Å². The standard InChI is InChI=1S/C10H9BrN2OS2/c1-5-6(2)16-10(12-5)13-9(14)8-7(11)3-4-15-8/h3-4H,1-2H3,(H,12,13,14). The van der Waals surface area contributed by atoms with Crippen LogP contribution in [0.5, 0.6) is 0 Å². The number of carbonyl (C=O) groups is 1. The van der Waals surface area contributed by atoms with E-state index in [-0.39, 0.29) is 5.91 Å². The number of nitrogens with one attached hydrogen (secondary N) is 1. The highest BCUT2D eigenvalue weighted by molar-refractivity contribution is 9.10. The second-order valence-corrected chi connectivity index (χ2v) is 6.19. The quantitative estimate of drug-likeness (QED) is 0.914. The van der Waals surface area contributed by atoms with Crippen molar-refractivity contribution < 1.29 is 4.79 Å². The topological polar surface area (TPSA) is 42.0 Å². The molecule has 1 amide bonds. The minimum absolute atomic E-state index is 0.115. The molecule has 0 spiro atoms. The first-order chi connectivity index (χ1) is 7.58. The van der Waals surface area contributed by atoms with Crippen LogP contribution in [0.1, 0.15) is 20.2 Å². The van der Waals surface area contributed by atoms with E-state index < -0.39 is 0 Å². The summed E-state index contributed by atoms with van der Waals surface area (Å²) in [6.45, 7) is 3.92. The van der Waals surface area contributed by atoms with Crippen molar-refractivity contribution in [1.82, 2.24) is 4.98 Å². The molecular formula is C10H9BrN2OS2. The summed E-state index contributed by atoms with van der Waals surface area (Å²) in [7, 11) is 0. The third-order valence-electron chi connectivity index (χ3n) is 2.07. The molecule has 3 nitrogen and oxygen atoms in total. The van der Waals surface area contributed by atoms with Crippen LogP contribution in [-0.2, 0) is 0 Å². The van der Waals surface area contributed by atoms with Crippen LogP contribution in [-0.4, -0.2) is 10.9 Å². The Hall–Kier alpha value is -0.720. The lowest BCUT2D eigenvalue weighted by Gasteiger charge is -1.98. The third kappa shape index (κ3) is 2.34. The van der Waals surface area contributed by atoms with E-state index in [1.165, 1.54) is 22.7 Å². The van der Waals surface area contributed by atoms with Crippen LogP contribution in [0.15, 0.2) is 15.9 Å². The molecule has 0 bridgehead atoms. The van der Waals surface area contributed by atoms with E-state index in [0.29, 0.717) is 10.0 Å². The fourth-order valence-electron chi connectivity index (χ4n) is 1.14. The first-order valence-electron chi connectivity index (χ1n) is 4.56. The number of aromatic nitrogens is 1. The number of aryl methyl sites for hydroxylation is 2. The van der Waals surface area contributed by atoms with Crippen LogP contribution in [0.25, 0.3) is 0 Å². The van der Waals surface area contributed by atoms with E-state index in [0.717, 1.165) is 15.0 Å². The lowest BCUT2D eigenvalue weighted by molar-refractivity contribution is 0.103. The van der Waals surface area contributed by atoms with Gasteiger partial charge in [0.25, 0.3) is 5.91 Å². The van der Waals surface area contributed by atoms with Gasteiger partial charge < -0.3 is 0 Å². The molecule has 0 unspecified atom stereocenters. The summed E-state index contributed by atoms with van der Waals surface area (Å²) >= 11 is 6.23. The Morgan fingerprint density at radius 3 is 2.75 bits per heavy atom. The van der Waals surface area contributed by atoms with Crippen LogP contribution < -0.4 is 5.32 Å². The highest BCUT2D eigenvalue weighted by Crippen LogP contribution is 2.26. The lowest BCUT2D eigenvalue weighted by Crippen LogP contribution is -2.10. The van der Waals surface area contributed by atoms with Gasteiger partial charge in [-0.05, 0) is 41.2 Å². The Bertz CT molecular complexity index is 513. The monoisotopic (exact) mass is 316 g/mol. The lowest BCUT2D eigenvalue weighted by atomic mass is 10.4. The van der Waals surface area contributed by atoms with Crippen molar-refractivity contribution in [2.45, 2.75) is 13.8 Å². The van der Waals surface area contributed by atoms with Gasteiger partial charge in [-0.3, -0.25) is 10.1 Å². The van der Waals surface area contributed by atoms with E-state index in [2.05, 4.69) is 26.2 Å². The molecule has 0 saturated heterocycles. The number of amides is 1. The predicted octanol–water partition coefficient (Wildman–Crippen LogP) is 3.84. The molecule has 0 saturated carbocycles. The van der Waals surface area contributed by atoms with E-state index in [1.807, 2.05) is 25.3 Å². The van der Waals surface area contributed by atoms with Gasteiger partial charge in [-0.1, -0.05) is 0 Å². The number of thiophene rings is 1. The van der Waals surface area contributed by atoms with Crippen molar-refractivity contribution in [3.63, 3.8) is 0 Å². The summed E-state index contributed by atoms with van der Waals surface area (Å²) in [5, 5.41) is 5.32. The molecule has 1 N–H and O–H groups in total. The van der Waals surface area contributed by atoms with Gasteiger partial charge in [0.1, 0.15) is 4.88 Å². The molecule has 2 aromatic heterocycles. The summed E-state index contributed by atoms with van der Waals surface area (Å²) < 4.78 is 0.819. The molecule has 0 aromatic carbocycles. The highest BCUT2D eigenvalue weighted by atomic mass is 79.9. The number of halogens is 1. The highest BCUT2D eigenvalue weighted by Gasteiger charge is 2.13. The van der Waals surface area contributed by atoms with Gasteiger partial charge >= 0.3 is 0 Å². The van der Waals surface area contributed by atoms with Crippen molar-refractivity contribution in [2.75, 3.05) is 5.32 Å². The molecule has 84 valence electrons. The maximum Gasteiger partial charge on any atom is 0.268 e. The van der Waals surface area contributed by atoms with Crippen LogP contribution in [0.3, 0.4) is 0 Å². The van der Waals surface area contributed by atoms with Gasteiger partial charge in [0.2, 0.25) is 0 Å². The zero-order chi connectivity index (χ0) is 11.7. The Labute approximate surface area is 110 Å². The number of rotatable bonds is 2. The molecule has 16 heavy (non-hydrogen) atoms. The van der Waals surface area contributed by atoms with E-state index in [4.69, 9.17) is 0 Å². The van der Waals surface area contributed by atoms with Gasteiger partial charge in [-0.25, -0.2) is 4.98 Å².